The molecule has 0 spiro atoms. The molecule has 3 rings (SSSR count). The second-order valence-corrected chi connectivity index (χ2v) is 6.30. The normalized spacial score (nSPS) is 11.1. The van der Waals surface area contributed by atoms with E-state index >= 15 is 0 Å². The van der Waals surface area contributed by atoms with Gasteiger partial charge in [0, 0.05) is 16.4 Å². The van der Waals surface area contributed by atoms with E-state index in [4.69, 9.17) is 11.6 Å². The molecule has 0 aliphatic heterocycles. The van der Waals surface area contributed by atoms with Gasteiger partial charge in [-0.3, -0.25) is 0 Å². The van der Waals surface area contributed by atoms with Crippen LogP contribution in [0.1, 0.15) is 5.56 Å². The van der Waals surface area contributed by atoms with Crippen molar-refractivity contribution < 1.29 is 0 Å². The number of pyridine rings is 1. The summed E-state index contributed by atoms with van der Waals surface area (Å²) >= 11 is 11.0. The molecule has 0 aliphatic rings. The van der Waals surface area contributed by atoms with Crippen LogP contribution in [0.3, 0.4) is 0 Å². The number of rotatable bonds is 3. The van der Waals surface area contributed by atoms with E-state index in [0.29, 0.717) is 10.7 Å². The Kier molecular flexibility index (Phi) is 3.77. The van der Waals surface area contributed by atoms with E-state index in [9.17, 15) is 0 Å². The third-order valence-corrected chi connectivity index (χ3v) is 4.19. The number of aromatic amines is 1. The molecule has 3 nitrogen and oxygen atoms in total. The number of aromatic nitrogens is 3. The summed E-state index contributed by atoms with van der Waals surface area (Å²) in [7, 11) is 0. The monoisotopic (exact) mass is 353 g/mol. The first-order valence-corrected chi connectivity index (χ1v) is 7.75. The van der Waals surface area contributed by atoms with Gasteiger partial charge in [-0.25, -0.2) is 9.97 Å². The number of H-pyrrole nitrogens is 1. The molecule has 2 heterocycles. The Balaban J connectivity index is 1.78. The van der Waals surface area contributed by atoms with Gasteiger partial charge < -0.3 is 4.98 Å². The van der Waals surface area contributed by atoms with Crippen LogP contribution in [0.2, 0.25) is 5.02 Å². The SMILES string of the molecule is Clc1cnc2nc(SCc3cccc(Br)c3)[nH]c2c1. The van der Waals surface area contributed by atoms with Gasteiger partial charge in [0.05, 0.1) is 10.5 Å². The van der Waals surface area contributed by atoms with Crippen LogP contribution < -0.4 is 0 Å². The van der Waals surface area contributed by atoms with Gasteiger partial charge in [0.1, 0.15) is 0 Å². The van der Waals surface area contributed by atoms with Crippen LogP contribution in [0.5, 0.6) is 0 Å². The summed E-state index contributed by atoms with van der Waals surface area (Å²) in [6.07, 6.45) is 1.60. The minimum absolute atomic E-state index is 0.611. The Morgan fingerprint density at radius 1 is 1.32 bits per heavy atom. The minimum atomic E-state index is 0.611. The van der Waals surface area contributed by atoms with E-state index in [1.165, 1.54) is 5.56 Å². The molecule has 2 aromatic heterocycles. The number of halogens is 2. The van der Waals surface area contributed by atoms with Crippen molar-refractivity contribution in [3.05, 3.63) is 51.6 Å². The van der Waals surface area contributed by atoms with Gasteiger partial charge in [-0.15, -0.1) is 0 Å². The fourth-order valence-electron chi connectivity index (χ4n) is 1.70. The van der Waals surface area contributed by atoms with E-state index in [-0.39, 0.29) is 0 Å². The van der Waals surface area contributed by atoms with Crippen LogP contribution >= 0.6 is 39.3 Å². The van der Waals surface area contributed by atoms with Crippen molar-refractivity contribution in [2.45, 2.75) is 10.9 Å². The van der Waals surface area contributed by atoms with Crippen molar-refractivity contribution in [1.82, 2.24) is 15.0 Å². The van der Waals surface area contributed by atoms with Gasteiger partial charge in [-0.05, 0) is 23.8 Å². The number of imidazole rings is 1. The maximum absolute atomic E-state index is 5.90. The predicted octanol–water partition coefficient (Wildman–Crippen LogP) is 4.67. The first-order chi connectivity index (χ1) is 9.20. The number of fused-ring (bicyclic) bond motifs is 1. The number of benzene rings is 1. The van der Waals surface area contributed by atoms with Crippen molar-refractivity contribution in [2.24, 2.45) is 0 Å². The van der Waals surface area contributed by atoms with Crippen LogP contribution in [-0.4, -0.2) is 15.0 Å². The Hall–Kier alpha value is -1.04. The van der Waals surface area contributed by atoms with Crippen LogP contribution in [0.4, 0.5) is 0 Å². The van der Waals surface area contributed by atoms with Crippen molar-refractivity contribution in [3.63, 3.8) is 0 Å². The summed E-state index contributed by atoms with van der Waals surface area (Å²) in [4.78, 5) is 11.8. The Morgan fingerprint density at radius 3 is 3.05 bits per heavy atom. The lowest BCUT2D eigenvalue weighted by molar-refractivity contribution is 1.07. The fourth-order valence-corrected chi connectivity index (χ4v) is 3.12. The molecule has 6 heteroatoms. The minimum Gasteiger partial charge on any atom is -0.331 e. The molecule has 0 aliphatic carbocycles. The Morgan fingerprint density at radius 2 is 2.21 bits per heavy atom. The molecule has 0 unspecified atom stereocenters. The molecular weight excluding hydrogens is 346 g/mol. The van der Waals surface area contributed by atoms with Crippen LogP contribution in [-0.2, 0) is 5.75 Å². The molecule has 0 saturated carbocycles. The molecule has 1 aromatic carbocycles. The van der Waals surface area contributed by atoms with Crippen molar-refractivity contribution in [3.8, 4) is 0 Å². The molecule has 0 saturated heterocycles. The summed E-state index contributed by atoms with van der Waals surface area (Å²) in [6.45, 7) is 0. The van der Waals surface area contributed by atoms with Crippen molar-refractivity contribution >= 4 is 50.5 Å². The highest BCUT2D eigenvalue weighted by molar-refractivity contribution is 9.10. The van der Waals surface area contributed by atoms with E-state index in [1.807, 2.05) is 18.2 Å². The highest BCUT2D eigenvalue weighted by Crippen LogP contribution is 2.24. The third kappa shape index (κ3) is 3.11. The summed E-state index contributed by atoms with van der Waals surface area (Å²) in [6, 6.07) is 10.1. The predicted molar refractivity (Wildman–Crippen MR) is 82.6 cm³/mol. The van der Waals surface area contributed by atoms with E-state index < -0.39 is 0 Å². The fraction of sp³-hybridized carbons (Fsp3) is 0.0769. The largest absolute Gasteiger partial charge is 0.331 e. The number of thioether (sulfide) groups is 1. The molecule has 0 atom stereocenters. The van der Waals surface area contributed by atoms with E-state index in [0.717, 1.165) is 20.9 Å². The molecule has 0 fully saturated rings. The highest BCUT2D eigenvalue weighted by Gasteiger charge is 2.05. The molecule has 1 N–H and O–H groups in total. The summed E-state index contributed by atoms with van der Waals surface area (Å²) in [5.74, 6) is 0.854. The standard InChI is InChI=1S/C13H9BrClN3S/c14-9-3-1-2-8(4-9)7-19-13-17-11-5-10(15)6-16-12(11)18-13/h1-6H,7H2,(H,16,17,18). The second kappa shape index (κ2) is 5.53. The summed E-state index contributed by atoms with van der Waals surface area (Å²) in [5.41, 5.74) is 2.80. The lowest BCUT2D eigenvalue weighted by Crippen LogP contribution is -1.81. The maximum Gasteiger partial charge on any atom is 0.178 e. The van der Waals surface area contributed by atoms with Crippen LogP contribution in [0.15, 0.2) is 46.2 Å². The number of nitrogens with one attached hydrogen (secondary N) is 1. The number of hydrogen-bond donors (Lipinski definition) is 1. The van der Waals surface area contributed by atoms with Crippen LogP contribution in [0.25, 0.3) is 11.2 Å². The van der Waals surface area contributed by atoms with Gasteiger partial charge in [-0.2, -0.15) is 0 Å². The number of nitrogens with zero attached hydrogens (tertiary/aromatic N) is 2. The van der Waals surface area contributed by atoms with Gasteiger partial charge in [0.25, 0.3) is 0 Å². The van der Waals surface area contributed by atoms with Crippen molar-refractivity contribution in [1.29, 1.82) is 0 Å². The Bertz CT molecular complexity index is 729. The topological polar surface area (TPSA) is 41.6 Å². The zero-order valence-electron chi connectivity index (χ0n) is 9.73. The van der Waals surface area contributed by atoms with E-state index in [2.05, 4.69) is 43.0 Å². The van der Waals surface area contributed by atoms with E-state index in [1.54, 1.807) is 18.0 Å². The molecule has 19 heavy (non-hydrogen) atoms. The second-order valence-electron chi connectivity index (χ2n) is 3.99. The smallest absolute Gasteiger partial charge is 0.178 e. The quantitative estimate of drug-likeness (QED) is 0.695. The van der Waals surface area contributed by atoms with Gasteiger partial charge >= 0.3 is 0 Å². The average molecular weight is 355 g/mol. The van der Waals surface area contributed by atoms with Gasteiger partial charge in [0.15, 0.2) is 10.8 Å². The third-order valence-electron chi connectivity index (χ3n) is 2.55. The molecular formula is C13H9BrClN3S. The maximum atomic E-state index is 5.90. The van der Waals surface area contributed by atoms with Crippen molar-refractivity contribution in [2.75, 3.05) is 0 Å². The molecule has 3 aromatic rings. The molecule has 0 radical (unpaired) electrons. The first-order valence-electron chi connectivity index (χ1n) is 5.59. The van der Waals surface area contributed by atoms with Gasteiger partial charge in [0.2, 0.25) is 0 Å². The highest BCUT2D eigenvalue weighted by atomic mass is 79.9. The lowest BCUT2D eigenvalue weighted by atomic mass is 10.2. The van der Waals surface area contributed by atoms with Crippen LogP contribution in [0, 0.1) is 0 Å². The zero-order chi connectivity index (χ0) is 13.2. The molecule has 96 valence electrons. The summed E-state index contributed by atoms with van der Waals surface area (Å²) < 4.78 is 1.09. The Labute approximate surface area is 127 Å². The zero-order valence-corrected chi connectivity index (χ0v) is 12.9. The summed E-state index contributed by atoms with van der Waals surface area (Å²) in [5, 5.41) is 1.46. The lowest BCUT2D eigenvalue weighted by Gasteiger charge is -1.99. The van der Waals surface area contributed by atoms with Gasteiger partial charge in [-0.1, -0.05) is 51.4 Å². The molecule has 0 amide bonds. The first kappa shape index (κ1) is 13.0. The molecule has 0 bridgehead atoms. The average Bonchev–Trinajstić information content (AvgIpc) is 2.78. The number of hydrogen-bond acceptors (Lipinski definition) is 3.